The maximum atomic E-state index is 14.6. The molecule has 0 aromatic carbocycles. The van der Waals surface area contributed by atoms with Gasteiger partial charge in [0.1, 0.15) is 0 Å². The molecule has 256 valence electrons. The predicted molar refractivity (Wildman–Crippen MR) is 174 cm³/mol. The van der Waals surface area contributed by atoms with Crippen LogP contribution in [0, 0.1) is 6.92 Å². The van der Waals surface area contributed by atoms with Crippen LogP contribution in [0.3, 0.4) is 0 Å². The molecule has 0 fully saturated rings. The van der Waals surface area contributed by atoms with Gasteiger partial charge < -0.3 is 24.8 Å². The molecule has 3 N–H and O–H groups in total. The Morgan fingerprint density at radius 2 is 1.40 bits per heavy atom. The molecule has 2 aliphatic rings. The summed E-state index contributed by atoms with van der Waals surface area (Å²) in [5.74, 6) is -1.77. The van der Waals surface area contributed by atoms with Crippen LogP contribution in [0.4, 0.5) is 13.2 Å². The van der Waals surface area contributed by atoms with Crippen molar-refractivity contribution in [1.82, 2.24) is 15.3 Å². The van der Waals surface area contributed by atoms with Gasteiger partial charge in [-0.05, 0) is 92.5 Å². The fourth-order valence-electron chi connectivity index (χ4n) is 6.07. The van der Waals surface area contributed by atoms with Crippen LogP contribution >= 0.6 is 0 Å². The first kappa shape index (κ1) is 35.9. The van der Waals surface area contributed by atoms with Crippen molar-refractivity contribution in [3.05, 3.63) is 72.3 Å². The second kappa shape index (κ2) is 14.4. The maximum Gasteiger partial charge on any atom is 0.418 e. The highest BCUT2D eigenvalue weighted by molar-refractivity contribution is 6.30. The number of nitrogens with one attached hydrogen (secondary N) is 3. The van der Waals surface area contributed by atoms with E-state index in [0.717, 1.165) is 11.1 Å². The topological polar surface area (TPSA) is 143 Å². The SMILES string of the molecule is CCc1c(/C=C2\NC(=O)C(CCC(=O)OC)=C2C)[nH]c(/C=c2\[nH]/c(=C/C3=NC(=O)C(CCC(=O)OC)=C3C)c(C)c2CC)c1C(F)(F)F. The van der Waals surface area contributed by atoms with Gasteiger partial charge in [-0.3, -0.25) is 19.2 Å². The van der Waals surface area contributed by atoms with Crippen LogP contribution in [0.1, 0.15) is 87.0 Å². The first-order chi connectivity index (χ1) is 22.6. The van der Waals surface area contributed by atoms with Crippen molar-refractivity contribution in [2.45, 2.75) is 79.3 Å². The maximum absolute atomic E-state index is 14.6. The van der Waals surface area contributed by atoms with Gasteiger partial charge in [0.15, 0.2) is 0 Å². The Bertz CT molecular complexity index is 1940. The number of halogens is 3. The number of aromatic nitrogens is 2. The molecule has 0 radical (unpaired) electrons. The molecule has 4 rings (SSSR count). The van der Waals surface area contributed by atoms with Gasteiger partial charge in [0.05, 0.1) is 31.2 Å². The lowest BCUT2D eigenvalue weighted by molar-refractivity contribution is -0.141. The molecular weight excluding hydrogens is 629 g/mol. The zero-order valence-electron chi connectivity index (χ0n) is 28.0. The van der Waals surface area contributed by atoms with Crippen molar-refractivity contribution in [2.24, 2.45) is 4.99 Å². The molecule has 2 aliphatic heterocycles. The number of allylic oxidation sites excluding steroid dienone is 2. The highest BCUT2D eigenvalue weighted by Crippen LogP contribution is 2.38. The van der Waals surface area contributed by atoms with Crippen LogP contribution in [0.5, 0.6) is 0 Å². The van der Waals surface area contributed by atoms with Crippen LogP contribution in [0.2, 0.25) is 0 Å². The average Bonchev–Trinajstić information content (AvgIpc) is 3.71. The molecule has 2 aromatic rings. The second-order valence-corrected chi connectivity index (χ2v) is 11.5. The normalized spacial score (nSPS) is 16.9. The third kappa shape index (κ3) is 7.29. The van der Waals surface area contributed by atoms with Crippen molar-refractivity contribution < 1.29 is 41.8 Å². The Kier molecular flexibility index (Phi) is 10.8. The Morgan fingerprint density at radius 1 is 0.792 bits per heavy atom. The monoisotopic (exact) mass is 668 g/mol. The number of aliphatic imine (C=N–C) groups is 1. The Balaban J connectivity index is 1.82. The summed E-state index contributed by atoms with van der Waals surface area (Å²) in [4.78, 5) is 58.8. The number of rotatable bonds is 11. The number of esters is 2. The number of H-pyrrole nitrogens is 2. The molecule has 0 saturated heterocycles. The van der Waals surface area contributed by atoms with Crippen molar-refractivity contribution >= 4 is 47.7 Å². The van der Waals surface area contributed by atoms with Gasteiger partial charge in [-0.2, -0.15) is 13.2 Å². The number of aromatic amines is 2. The fourth-order valence-corrected chi connectivity index (χ4v) is 6.07. The van der Waals surface area contributed by atoms with Gasteiger partial charge in [-0.15, -0.1) is 0 Å². The minimum atomic E-state index is -4.69. The van der Waals surface area contributed by atoms with E-state index in [1.807, 2.05) is 13.8 Å². The molecule has 0 unspecified atom stereocenters. The quantitative estimate of drug-likeness (QED) is 0.303. The largest absolute Gasteiger partial charge is 0.469 e. The smallest absolute Gasteiger partial charge is 0.418 e. The lowest BCUT2D eigenvalue weighted by atomic mass is 10.0. The first-order valence-electron chi connectivity index (χ1n) is 15.6. The van der Waals surface area contributed by atoms with E-state index < -0.39 is 35.5 Å². The molecule has 2 amide bonds. The Hall–Kier alpha value is -4.94. The minimum absolute atomic E-state index is 0.00523. The number of methoxy groups -OCH3 is 2. The van der Waals surface area contributed by atoms with Crippen LogP contribution < -0.4 is 16.0 Å². The number of ether oxygens (including phenoxy) is 2. The van der Waals surface area contributed by atoms with Gasteiger partial charge in [0.25, 0.3) is 11.8 Å². The summed E-state index contributed by atoms with van der Waals surface area (Å²) in [7, 11) is 2.53. The highest BCUT2D eigenvalue weighted by atomic mass is 19.4. The summed E-state index contributed by atoms with van der Waals surface area (Å²) in [6.07, 6.45) is 0.833. The van der Waals surface area contributed by atoms with E-state index in [9.17, 15) is 32.3 Å². The molecule has 0 atom stereocenters. The molecular formula is C35H39F3N4O6. The van der Waals surface area contributed by atoms with Crippen LogP contribution in [-0.2, 0) is 47.7 Å². The van der Waals surface area contributed by atoms with E-state index in [4.69, 9.17) is 0 Å². The second-order valence-electron chi connectivity index (χ2n) is 11.5. The molecule has 0 aliphatic carbocycles. The lowest BCUT2D eigenvalue weighted by Crippen LogP contribution is -2.17. The number of carbonyl (C=O) groups is 4. The zero-order chi connectivity index (χ0) is 35.5. The lowest BCUT2D eigenvalue weighted by Gasteiger charge is -2.09. The summed E-state index contributed by atoms with van der Waals surface area (Å²) in [5, 5.41) is 3.76. The number of hydrogen-bond acceptors (Lipinski definition) is 6. The summed E-state index contributed by atoms with van der Waals surface area (Å²) in [5.41, 5.74) is 3.55. The molecule has 13 heteroatoms. The van der Waals surface area contributed by atoms with Crippen LogP contribution in [0.15, 0.2) is 33.0 Å². The fraction of sp³-hybridized carbons (Fsp3) is 0.400. The van der Waals surface area contributed by atoms with Gasteiger partial charge in [0.2, 0.25) is 0 Å². The Morgan fingerprint density at radius 3 is 1.96 bits per heavy atom. The number of alkyl halides is 3. The van der Waals surface area contributed by atoms with Crippen molar-refractivity contribution in [2.75, 3.05) is 14.2 Å². The van der Waals surface area contributed by atoms with E-state index in [1.54, 1.807) is 26.8 Å². The molecule has 4 heterocycles. The zero-order valence-corrected chi connectivity index (χ0v) is 28.0. The predicted octanol–water partition coefficient (Wildman–Crippen LogP) is 4.40. The molecule has 48 heavy (non-hydrogen) atoms. The van der Waals surface area contributed by atoms with Crippen LogP contribution in [-0.4, -0.2) is 53.7 Å². The Labute approximate surface area is 275 Å². The van der Waals surface area contributed by atoms with Crippen molar-refractivity contribution in [3.8, 4) is 0 Å². The number of hydrogen-bond donors (Lipinski definition) is 3. The molecule has 0 bridgehead atoms. The van der Waals surface area contributed by atoms with E-state index in [0.29, 0.717) is 50.8 Å². The molecule has 2 aromatic heterocycles. The minimum Gasteiger partial charge on any atom is -0.469 e. The molecule has 0 spiro atoms. The number of nitrogens with zero attached hydrogens (tertiary/aromatic N) is 1. The summed E-state index contributed by atoms with van der Waals surface area (Å²) in [6.45, 7) is 8.78. The van der Waals surface area contributed by atoms with E-state index >= 15 is 0 Å². The average molecular weight is 669 g/mol. The van der Waals surface area contributed by atoms with Gasteiger partial charge in [0, 0.05) is 46.1 Å². The highest BCUT2D eigenvalue weighted by Gasteiger charge is 2.38. The van der Waals surface area contributed by atoms with E-state index in [2.05, 4.69) is 29.8 Å². The van der Waals surface area contributed by atoms with Crippen molar-refractivity contribution in [3.63, 3.8) is 0 Å². The van der Waals surface area contributed by atoms with E-state index in [-0.39, 0.29) is 49.1 Å². The van der Waals surface area contributed by atoms with Crippen molar-refractivity contribution in [1.29, 1.82) is 0 Å². The summed E-state index contributed by atoms with van der Waals surface area (Å²) >= 11 is 0. The van der Waals surface area contributed by atoms with Gasteiger partial charge in [-0.25, -0.2) is 4.99 Å². The van der Waals surface area contributed by atoms with E-state index in [1.165, 1.54) is 26.4 Å². The number of carbonyl (C=O) groups excluding carboxylic acids is 4. The summed E-state index contributed by atoms with van der Waals surface area (Å²) < 4.78 is 53.3. The first-order valence-corrected chi connectivity index (χ1v) is 15.6. The third-order valence-corrected chi connectivity index (χ3v) is 8.78. The standard InChI is InChI=1S/C35H39F3N4O6/c1-8-20-17(3)24(14-25-18(4)22(33(45)41-25)10-12-30(43)47-6)39-27(20)16-29-32(35(36,37)38)21(9-2)28(40-29)15-26-19(5)23(34(46)42-26)11-13-31(44)48-7/h14-16,39-40H,8-13H2,1-7H3,(H,42,46)/b24-14+,26-15-,27-16-. The molecule has 0 saturated carbocycles. The van der Waals surface area contributed by atoms with Crippen LogP contribution in [0.25, 0.3) is 18.2 Å². The van der Waals surface area contributed by atoms with Gasteiger partial charge in [-0.1, -0.05) is 13.8 Å². The summed E-state index contributed by atoms with van der Waals surface area (Å²) in [6, 6.07) is 0. The van der Waals surface area contributed by atoms with Gasteiger partial charge >= 0.3 is 18.1 Å². The molecule has 10 nitrogen and oxygen atoms in total. The third-order valence-electron chi connectivity index (χ3n) is 8.78. The number of amides is 2.